The van der Waals surface area contributed by atoms with Gasteiger partial charge in [0.25, 0.3) is 0 Å². The number of carboxylic acid groups (broad SMARTS) is 1. The molecule has 12 heteroatoms. The standard InChI is InChI=1S/C27H29ClN6O4S/c28-21-6-1-18(2-7-21)5-10-23-30-31-26(39-23)29-25(36)20-15-24(35)34(17-20)22-8-3-19(4-9-22)16-32-11-13-33(14-12-32)27(37)38/h1-4,6-9,20H,5,10-17H2,(H,37,38)(H,29,31,36). The summed E-state index contributed by atoms with van der Waals surface area (Å²) in [6, 6.07) is 15.4. The molecule has 1 unspecified atom stereocenters. The molecule has 39 heavy (non-hydrogen) atoms. The Labute approximate surface area is 235 Å². The lowest BCUT2D eigenvalue weighted by atomic mass is 10.1. The molecule has 3 aromatic rings. The van der Waals surface area contributed by atoms with Gasteiger partial charge in [0.1, 0.15) is 5.01 Å². The molecule has 3 amide bonds. The Kier molecular flexibility index (Phi) is 8.39. The van der Waals surface area contributed by atoms with E-state index < -0.39 is 12.0 Å². The van der Waals surface area contributed by atoms with Gasteiger partial charge in [-0.2, -0.15) is 0 Å². The number of nitrogens with one attached hydrogen (secondary N) is 1. The van der Waals surface area contributed by atoms with Crippen LogP contribution in [0.5, 0.6) is 0 Å². The Morgan fingerprint density at radius 3 is 2.36 bits per heavy atom. The summed E-state index contributed by atoms with van der Waals surface area (Å²) in [6.07, 6.45) is 0.772. The van der Waals surface area contributed by atoms with Crippen LogP contribution in [0.3, 0.4) is 0 Å². The Balaban J connectivity index is 1.10. The van der Waals surface area contributed by atoms with Crippen LogP contribution in [0.1, 0.15) is 22.6 Å². The summed E-state index contributed by atoms with van der Waals surface area (Å²) in [6.45, 7) is 3.41. The second-order valence-corrected chi connectivity index (χ2v) is 11.2. The van der Waals surface area contributed by atoms with Crippen molar-refractivity contribution >= 4 is 51.7 Å². The molecule has 0 aliphatic carbocycles. The summed E-state index contributed by atoms with van der Waals surface area (Å²) in [7, 11) is 0. The first kappa shape index (κ1) is 27.0. The van der Waals surface area contributed by atoms with Crippen LogP contribution in [-0.4, -0.2) is 75.7 Å². The van der Waals surface area contributed by atoms with Crippen LogP contribution in [0.4, 0.5) is 15.6 Å². The van der Waals surface area contributed by atoms with Crippen LogP contribution in [0.2, 0.25) is 5.02 Å². The van der Waals surface area contributed by atoms with E-state index in [1.165, 1.54) is 16.2 Å². The second-order valence-electron chi connectivity index (χ2n) is 9.73. The maximum Gasteiger partial charge on any atom is 0.407 e. The van der Waals surface area contributed by atoms with E-state index in [0.29, 0.717) is 49.3 Å². The minimum Gasteiger partial charge on any atom is -0.465 e. The number of halogens is 1. The summed E-state index contributed by atoms with van der Waals surface area (Å²) >= 11 is 7.28. The Morgan fingerprint density at radius 1 is 0.974 bits per heavy atom. The number of piperazine rings is 1. The average molecular weight is 569 g/mol. The van der Waals surface area contributed by atoms with Crippen molar-refractivity contribution in [1.82, 2.24) is 20.0 Å². The zero-order chi connectivity index (χ0) is 27.4. The predicted octanol–water partition coefficient (Wildman–Crippen LogP) is 3.76. The van der Waals surface area contributed by atoms with E-state index in [0.717, 1.165) is 34.8 Å². The van der Waals surface area contributed by atoms with E-state index in [9.17, 15) is 14.4 Å². The molecule has 10 nitrogen and oxygen atoms in total. The van der Waals surface area contributed by atoms with Crippen molar-refractivity contribution in [3.8, 4) is 0 Å². The fourth-order valence-electron chi connectivity index (χ4n) is 4.78. The van der Waals surface area contributed by atoms with Gasteiger partial charge in [-0.1, -0.05) is 47.2 Å². The summed E-state index contributed by atoms with van der Waals surface area (Å²) in [5.74, 6) is -0.791. The molecule has 0 spiro atoms. The third kappa shape index (κ3) is 6.92. The van der Waals surface area contributed by atoms with Crippen molar-refractivity contribution < 1.29 is 19.5 Å². The molecule has 2 fully saturated rings. The number of hydrogen-bond donors (Lipinski definition) is 2. The Bertz CT molecular complexity index is 1320. The van der Waals surface area contributed by atoms with Crippen molar-refractivity contribution in [2.45, 2.75) is 25.8 Å². The molecular weight excluding hydrogens is 540 g/mol. The molecule has 1 atom stereocenters. The second kappa shape index (κ2) is 12.1. The number of carbonyl (C=O) groups is 3. The largest absolute Gasteiger partial charge is 0.465 e. The first-order valence-electron chi connectivity index (χ1n) is 12.8. The lowest BCUT2D eigenvalue weighted by Gasteiger charge is -2.33. The molecule has 0 saturated carbocycles. The highest BCUT2D eigenvalue weighted by atomic mass is 35.5. The van der Waals surface area contributed by atoms with Gasteiger partial charge in [-0.25, -0.2) is 4.79 Å². The Morgan fingerprint density at radius 2 is 1.67 bits per heavy atom. The van der Waals surface area contributed by atoms with Crippen molar-refractivity contribution in [1.29, 1.82) is 0 Å². The van der Waals surface area contributed by atoms with Crippen molar-refractivity contribution in [2.24, 2.45) is 5.92 Å². The molecule has 3 heterocycles. The highest BCUT2D eigenvalue weighted by molar-refractivity contribution is 7.15. The first-order valence-corrected chi connectivity index (χ1v) is 14.0. The molecule has 2 aliphatic heterocycles. The molecule has 0 radical (unpaired) electrons. The minimum absolute atomic E-state index is 0.0893. The maximum absolute atomic E-state index is 12.9. The summed E-state index contributed by atoms with van der Waals surface area (Å²) in [4.78, 5) is 42.0. The van der Waals surface area contributed by atoms with Gasteiger partial charge < -0.3 is 20.2 Å². The molecule has 204 valence electrons. The first-order chi connectivity index (χ1) is 18.8. The fourth-order valence-corrected chi connectivity index (χ4v) is 5.65. The number of aryl methyl sites for hydroxylation is 2. The quantitative estimate of drug-likeness (QED) is 0.424. The maximum atomic E-state index is 12.9. The van der Waals surface area contributed by atoms with E-state index >= 15 is 0 Å². The van der Waals surface area contributed by atoms with E-state index in [1.54, 1.807) is 4.90 Å². The average Bonchev–Trinajstić information content (AvgIpc) is 3.55. The number of nitrogens with zero attached hydrogens (tertiary/aromatic N) is 5. The van der Waals surface area contributed by atoms with Crippen LogP contribution < -0.4 is 10.2 Å². The number of anilines is 2. The molecule has 2 saturated heterocycles. The number of amides is 3. The molecule has 0 bridgehead atoms. The van der Waals surface area contributed by atoms with Gasteiger partial charge in [-0.3, -0.25) is 14.5 Å². The fraction of sp³-hybridized carbons (Fsp3) is 0.370. The summed E-state index contributed by atoms with van der Waals surface area (Å²) < 4.78 is 0. The zero-order valence-corrected chi connectivity index (χ0v) is 22.8. The van der Waals surface area contributed by atoms with Crippen molar-refractivity contribution in [3.05, 3.63) is 69.7 Å². The number of carbonyl (C=O) groups excluding carboxylic acids is 2. The summed E-state index contributed by atoms with van der Waals surface area (Å²) in [5, 5.41) is 22.2. The Hall–Kier alpha value is -3.54. The van der Waals surface area contributed by atoms with E-state index in [-0.39, 0.29) is 18.2 Å². The highest BCUT2D eigenvalue weighted by Crippen LogP contribution is 2.27. The highest BCUT2D eigenvalue weighted by Gasteiger charge is 2.35. The topological polar surface area (TPSA) is 119 Å². The molecule has 1 aromatic heterocycles. The van der Waals surface area contributed by atoms with E-state index in [2.05, 4.69) is 20.4 Å². The van der Waals surface area contributed by atoms with E-state index in [4.69, 9.17) is 16.7 Å². The molecule has 2 aliphatic rings. The smallest absolute Gasteiger partial charge is 0.407 e. The molecule has 2 N–H and O–H groups in total. The number of aromatic nitrogens is 2. The summed E-state index contributed by atoms with van der Waals surface area (Å²) in [5.41, 5.74) is 3.00. The predicted molar refractivity (Wildman–Crippen MR) is 149 cm³/mol. The number of hydrogen-bond acceptors (Lipinski definition) is 7. The third-order valence-electron chi connectivity index (χ3n) is 7.03. The van der Waals surface area contributed by atoms with Gasteiger partial charge in [0, 0.05) is 62.8 Å². The molecular formula is C27H29ClN6O4S. The normalized spacial score (nSPS) is 18.0. The van der Waals surface area contributed by atoms with Crippen molar-refractivity contribution in [2.75, 3.05) is 42.9 Å². The van der Waals surface area contributed by atoms with Gasteiger partial charge in [0.15, 0.2) is 0 Å². The zero-order valence-electron chi connectivity index (χ0n) is 21.3. The van der Waals surface area contributed by atoms with E-state index in [1.807, 2.05) is 48.5 Å². The van der Waals surface area contributed by atoms with Crippen LogP contribution in [0, 0.1) is 5.92 Å². The van der Waals surface area contributed by atoms with Crippen molar-refractivity contribution in [3.63, 3.8) is 0 Å². The number of rotatable bonds is 8. The minimum atomic E-state index is -0.875. The van der Waals surface area contributed by atoms with Crippen LogP contribution in [0.15, 0.2) is 48.5 Å². The third-order valence-corrected chi connectivity index (χ3v) is 8.18. The lowest BCUT2D eigenvalue weighted by molar-refractivity contribution is -0.122. The van der Waals surface area contributed by atoms with Gasteiger partial charge in [-0.15, -0.1) is 10.2 Å². The molecule has 2 aromatic carbocycles. The van der Waals surface area contributed by atoms with Crippen LogP contribution in [0.25, 0.3) is 0 Å². The number of benzene rings is 2. The van der Waals surface area contributed by atoms with Gasteiger partial charge in [0.05, 0.1) is 5.92 Å². The SMILES string of the molecule is O=C(Nc1nnc(CCc2ccc(Cl)cc2)s1)C1CC(=O)N(c2ccc(CN3CCN(C(=O)O)CC3)cc2)C1. The van der Waals surface area contributed by atoms with Crippen LogP contribution >= 0.6 is 22.9 Å². The monoisotopic (exact) mass is 568 g/mol. The molecule has 5 rings (SSSR count). The van der Waals surface area contributed by atoms with Gasteiger partial charge in [0.2, 0.25) is 16.9 Å². The van der Waals surface area contributed by atoms with Gasteiger partial charge >= 0.3 is 6.09 Å². The van der Waals surface area contributed by atoms with Gasteiger partial charge in [-0.05, 0) is 41.8 Å². The lowest BCUT2D eigenvalue weighted by Crippen LogP contribution is -2.47. The van der Waals surface area contributed by atoms with Crippen LogP contribution in [-0.2, 0) is 29.0 Å².